The maximum Gasteiger partial charge on any atom is 0.138 e. The van der Waals surface area contributed by atoms with Crippen molar-refractivity contribution in [1.29, 1.82) is 0 Å². The number of hydrogen-bond acceptors (Lipinski definition) is 2. The van der Waals surface area contributed by atoms with Gasteiger partial charge in [-0.05, 0) is 54.9 Å². The topological polar surface area (TPSA) is 21.3 Å². The first-order chi connectivity index (χ1) is 9.60. The number of halogens is 2. The Hall–Kier alpha value is -1.58. The first-order valence-electron chi connectivity index (χ1n) is 6.41. The zero-order valence-corrected chi connectivity index (χ0v) is 12.3. The predicted molar refractivity (Wildman–Crippen MR) is 79.7 cm³/mol. The summed E-state index contributed by atoms with van der Waals surface area (Å²) in [6, 6.07) is 10.3. The third kappa shape index (κ3) is 3.71. The van der Waals surface area contributed by atoms with Crippen LogP contribution in [0.4, 0.5) is 4.39 Å². The molecule has 0 aliphatic rings. The first kappa shape index (κ1) is 14.8. The molecule has 0 saturated carbocycles. The molecule has 0 heterocycles. The van der Waals surface area contributed by atoms with E-state index >= 15 is 0 Å². The Kier molecular flexibility index (Phi) is 4.99. The fourth-order valence-corrected chi connectivity index (χ4v) is 2.18. The highest BCUT2D eigenvalue weighted by molar-refractivity contribution is 6.32. The molecular formula is C16H17ClFNO. The summed E-state index contributed by atoms with van der Waals surface area (Å²) in [5.74, 6) is 0.347. The van der Waals surface area contributed by atoms with E-state index in [2.05, 4.69) is 5.32 Å². The molecule has 2 aromatic rings. The van der Waals surface area contributed by atoms with Crippen LogP contribution >= 0.6 is 11.6 Å². The van der Waals surface area contributed by atoms with Crippen LogP contribution in [0.1, 0.15) is 16.7 Å². The van der Waals surface area contributed by atoms with E-state index in [1.54, 1.807) is 6.07 Å². The third-order valence-electron chi connectivity index (χ3n) is 3.07. The van der Waals surface area contributed by atoms with Gasteiger partial charge in [-0.25, -0.2) is 4.39 Å². The summed E-state index contributed by atoms with van der Waals surface area (Å²) in [6.45, 7) is 2.98. The van der Waals surface area contributed by atoms with Gasteiger partial charge in [0.1, 0.15) is 18.2 Å². The Morgan fingerprint density at radius 1 is 1.20 bits per heavy atom. The number of aryl methyl sites for hydroxylation is 1. The van der Waals surface area contributed by atoms with Gasteiger partial charge in [-0.15, -0.1) is 0 Å². The van der Waals surface area contributed by atoms with E-state index < -0.39 is 0 Å². The number of hydrogen-bond donors (Lipinski definition) is 1. The Bertz CT molecular complexity index is 601. The zero-order valence-electron chi connectivity index (χ0n) is 11.5. The first-order valence-corrected chi connectivity index (χ1v) is 6.79. The van der Waals surface area contributed by atoms with E-state index in [0.29, 0.717) is 17.4 Å². The van der Waals surface area contributed by atoms with Gasteiger partial charge in [-0.1, -0.05) is 23.7 Å². The maximum absolute atomic E-state index is 13.2. The van der Waals surface area contributed by atoms with E-state index in [-0.39, 0.29) is 5.82 Å². The SMILES string of the molecule is CNCc1ccc(OCc2cc(F)ccc2C)c(Cl)c1. The number of nitrogens with one attached hydrogen (secondary N) is 1. The second-order valence-corrected chi connectivity index (χ2v) is 5.06. The monoisotopic (exact) mass is 293 g/mol. The molecule has 0 unspecified atom stereocenters. The Morgan fingerprint density at radius 2 is 2.00 bits per heavy atom. The van der Waals surface area contributed by atoms with Crippen LogP contribution in [0.25, 0.3) is 0 Å². The van der Waals surface area contributed by atoms with E-state index in [0.717, 1.165) is 23.2 Å². The lowest BCUT2D eigenvalue weighted by atomic mass is 10.1. The zero-order chi connectivity index (χ0) is 14.5. The molecule has 0 aliphatic carbocycles. The standard InChI is InChI=1S/C16H17ClFNO/c1-11-3-5-14(18)8-13(11)10-20-16-6-4-12(9-19-2)7-15(16)17/h3-8,19H,9-10H2,1-2H3. The highest BCUT2D eigenvalue weighted by Gasteiger charge is 2.06. The molecular weight excluding hydrogens is 277 g/mol. The van der Waals surface area contributed by atoms with Gasteiger partial charge in [0.05, 0.1) is 5.02 Å². The molecule has 0 aromatic heterocycles. The van der Waals surface area contributed by atoms with Crippen molar-refractivity contribution in [3.05, 3.63) is 63.9 Å². The van der Waals surface area contributed by atoms with Crippen molar-refractivity contribution in [3.63, 3.8) is 0 Å². The summed E-state index contributed by atoms with van der Waals surface area (Å²) >= 11 is 6.18. The lowest BCUT2D eigenvalue weighted by Gasteiger charge is -2.11. The van der Waals surface area contributed by atoms with Gasteiger partial charge in [0.2, 0.25) is 0 Å². The van der Waals surface area contributed by atoms with Crippen molar-refractivity contribution in [1.82, 2.24) is 5.32 Å². The predicted octanol–water partition coefficient (Wildman–Crippen LogP) is 4.09. The van der Waals surface area contributed by atoms with Gasteiger partial charge in [-0.2, -0.15) is 0 Å². The largest absolute Gasteiger partial charge is 0.487 e. The van der Waals surface area contributed by atoms with Crippen LogP contribution < -0.4 is 10.1 Å². The van der Waals surface area contributed by atoms with Gasteiger partial charge in [0.25, 0.3) is 0 Å². The lowest BCUT2D eigenvalue weighted by Crippen LogP contribution is -2.05. The number of benzene rings is 2. The Labute approximate surface area is 123 Å². The molecule has 2 nitrogen and oxygen atoms in total. The molecule has 1 N–H and O–H groups in total. The van der Waals surface area contributed by atoms with Crippen molar-refractivity contribution in [2.75, 3.05) is 7.05 Å². The van der Waals surface area contributed by atoms with E-state index in [1.165, 1.54) is 12.1 Å². The molecule has 0 fully saturated rings. The highest BCUT2D eigenvalue weighted by Crippen LogP contribution is 2.26. The maximum atomic E-state index is 13.2. The van der Waals surface area contributed by atoms with Crippen LogP contribution in [0.5, 0.6) is 5.75 Å². The molecule has 0 bridgehead atoms. The molecule has 4 heteroatoms. The fraction of sp³-hybridized carbons (Fsp3) is 0.250. The second-order valence-electron chi connectivity index (χ2n) is 4.65. The fourth-order valence-electron chi connectivity index (χ4n) is 1.93. The van der Waals surface area contributed by atoms with Crippen LogP contribution in [0.3, 0.4) is 0 Å². The third-order valence-corrected chi connectivity index (χ3v) is 3.37. The quantitative estimate of drug-likeness (QED) is 0.896. The van der Waals surface area contributed by atoms with Crippen LogP contribution in [-0.4, -0.2) is 7.05 Å². The van der Waals surface area contributed by atoms with E-state index in [9.17, 15) is 4.39 Å². The van der Waals surface area contributed by atoms with Crippen molar-refractivity contribution < 1.29 is 9.13 Å². The minimum atomic E-state index is -0.260. The summed E-state index contributed by atoms with van der Waals surface area (Å²) < 4.78 is 18.9. The Balaban J connectivity index is 2.09. The summed E-state index contributed by atoms with van der Waals surface area (Å²) in [5, 5.41) is 3.62. The summed E-state index contributed by atoms with van der Waals surface area (Å²) in [4.78, 5) is 0. The highest BCUT2D eigenvalue weighted by atomic mass is 35.5. The van der Waals surface area contributed by atoms with Crippen LogP contribution in [0.2, 0.25) is 5.02 Å². The van der Waals surface area contributed by atoms with Gasteiger partial charge in [-0.3, -0.25) is 0 Å². The molecule has 106 valence electrons. The summed E-state index contributed by atoms with van der Waals surface area (Å²) in [7, 11) is 1.88. The van der Waals surface area contributed by atoms with Crippen LogP contribution in [0, 0.1) is 12.7 Å². The molecule has 0 radical (unpaired) electrons. The van der Waals surface area contributed by atoms with Crippen molar-refractivity contribution in [2.45, 2.75) is 20.1 Å². The molecule has 0 amide bonds. The van der Waals surface area contributed by atoms with Crippen LogP contribution in [-0.2, 0) is 13.2 Å². The van der Waals surface area contributed by atoms with Crippen molar-refractivity contribution in [3.8, 4) is 5.75 Å². The van der Waals surface area contributed by atoms with Crippen molar-refractivity contribution in [2.24, 2.45) is 0 Å². The summed E-state index contributed by atoms with van der Waals surface area (Å²) in [5.41, 5.74) is 2.90. The molecule has 2 rings (SSSR count). The van der Waals surface area contributed by atoms with E-state index in [4.69, 9.17) is 16.3 Å². The van der Waals surface area contributed by atoms with Gasteiger partial charge in [0, 0.05) is 6.54 Å². The molecule has 0 spiro atoms. The van der Waals surface area contributed by atoms with Crippen LogP contribution in [0.15, 0.2) is 36.4 Å². The minimum absolute atomic E-state index is 0.260. The molecule has 20 heavy (non-hydrogen) atoms. The molecule has 0 saturated heterocycles. The number of rotatable bonds is 5. The van der Waals surface area contributed by atoms with Gasteiger partial charge in [0.15, 0.2) is 0 Å². The average molecular weight is 294 g/mol. The Morgan fingerprint density at radius 3 is 2.70 bits per heavy atom. The average Bonchev–Trinajstić information content (AvgIpc) is 2.42. The van der Waals surface area contributed by atoms with Crippen molar-refractivity contribution >= 4 is 11.6 Å². The molecule has 2 aromatic carbocycles. The molecule has 0 atom stereocenters. The second kappa shape index (κ2) is 6.73. The smallest absolute Gasteiger partial charge is 0.138 e. The van der Waals surface area contributed by atoms with Gasteiger partial charge >= 0.3 is 0 Å². The number of ether oxygens (including phenoxy) is 1. The lowest BCUT2D eigenvalue weighted by molar-refractivity contribution is 0.305. The van der Waals surface area contributed by atoms with Gasteiger partial charge < -0.3 is 10.1 Å². The summed E-state index contributed by atoms with van der Waals surface area (Å²) in [6.07, 6.45) is 0. The van der Waals surface area contributed by atoms with E-state index in [1.807, 2.05) is 32.2 Å². The minimum Gasteiger partial charge on any atom is -0.487 e. The molecule has 0 aliphatic heterocycles. The normalized spacial score (nSPS) is 10.6.